The van der Waals surface area contributed by atoms with Crippen molar-refractivity contribution in [3.05, 3.63) is 52.1 Å². The van der Waals surface area contributed by atoms with E-state index in [0.717, 1.165) is 6.07 Å². The molecule has 21 heavy (non-hydrogen) atoms. The van der Waals surface area contributed by atoms with Gasteiger partial charge < -0.3 is 11.1 Å². The minimum atomic E-state index is -4.58. The van der Waals surface area contributed by atoms with Gasteiger partial charge in [0.1, 0.15) is 5.82 Å². The van der Waals surface area contributed by atoms with Crippen LogP contribution >= 0.6 is 15.9 Å². The van der Waals surface area contributed by atoms with Crippen LogP contribution in [0.1, 0.15) is 15.9 Å². The minimum Gasteiger partial charge on any atom is -0.384 e. The third-order valence-electron chi connectivity index (χ3n) is 2.58. The van der Waals surface area contributed by atoms with Crippen LogP contribution in [0.3, 0.4) is 0 Å². The first kappa shape index (κ1) is 15.3. The molecule has 2 rings (SSSR count). The number of nitrogens with zero attached hydrogens (tertiary/aromatic N) is 1. The number of benzene rings is 1. The monoisotopic (exact) mass is 359 g/mol. The number of nitrogens with one attached hydrogen (secondary N) is 1. The zero-order valence-corrected chi connectivity index (χ0v) is 12.0. The van der Waals surface area contributed by atoms with Crippen molar-refractivity contribution in [2.75, 3.05) is 11.1 Å². The third kappa shape index (κ3) is 3.72. The van der Waals surface area contributed by atoms with E-state index in [1.54, 1.807) is 0 Å². The number of pyridine rings is 1. The Morgan fingerprint density at radius 3 is 2.57 bits per heavy atom. The summed E-state index contributed by atoms with van der Waals surface area (Å²) >= 11 is 2.97. The molecule has 0 atom stereocenters. The van der Waals surface area contributed by atoms with Gasteiger partial charge in [0.2, 0.25) is 0 Å². The van der Waals surface area contributed by atoms with E-state index in [0.29, 0.717) is 0 Å². The fourth-order valence-corrected chi connectivity index (χ4v) is 2.01. The van der Waals surface area contributed by atoms with Crippen molar-refractivity contribution < 1.29 is 18.0 Å². The first-order valence-electron chi connectivity index (χ1n) is 5.67. The molecule has 3 N–H and O–H groups in total. The standard InChI is InChI=1S/C13H9BrF3N3O/c14-8-1-2-10(9(6-8)13(15,16)17)20-12(21)7-3-4-19-11(18)5-7/h1-6H,(H2,18,19)(H,20,21). The van der Waals surface area contributed by atoms with E-state index in [9.17, 15) is 18.0 Å². The van der Waals surface area contributed by atoms with Crippen LogP contribution in [-0.4, -0.2) is 10.9 Å². The van der Waals surface area contributed by atoms with E-state index in [1.807, 2.05) is 0 Å². The second kappa shape index (κ2) is 5.72. The number of amides is 1. The zero-order valence-electron chi connectivity index (χ0n) is 10.4. The van der Waals surface area contributed by atoms with E-state index in [-0.39, 0.29) is 21.5 Å². The summed E-state index contributed by atoms with van der Waals surface area (Å²) in [5, 5.41) is 2.22. The number of carbonyl (C=O) groups excluding carboxylic acids is 1. The second-order valence-electron chi connectivity index (χ2n) is 4.11. The van der Waals surface area contributed by atoms with E-state index >= 15 is 0 Å². The highest BCUT2D eigenvalue weighted by Gasteiger charge is 2.34. The van der Waals surface area contributed by atoms with Gasteiger partial charge in [-0.2, -0.15) is 13.2 Å². The lowest BCUT2D eigenvalue weighted by Gasteiger charge is -2.14. The lowest BCUT2D eigenvalue weighted by atomic mass is 10.1. The van der Waals surface area contributed by atoms with Crippen molar-refractivity contribution in [2.24, 2.45) is 0 Å². The molecule has 0 unspecified atom stereocenters. The van der Waals surface area contributed by atoms with Crippen LogP contribution < -0.4 is 11.1 Å². The highest BCUT2D eigenvalue weighted by molar-refractivity contribution is 9.10. The van der Waals surface area contributed by atoms with Crippen molar-refractivity contribution in [3.8, 4) is 0 Å². The topological polar surface area (TPSA) is 68.0 Å². The molecule has 1 aromatic carbocycles. The fraction of sp³-hybridized carbons (Fsp3) is 0.0769. The molecular weight excluding hydrogens is 351 g/mol. The third-order valence-corrected chi connectivity index (χ3v) is 3.07. The van der Waals surface area contributed by atoms with Crippen LogP contribution in [0.2, 0.25) is 0 Å². The molecule has 0 aliphatic rings. The number of carbonyl (C=O) groups is 1. The van der Waals surface area contributed by atoms with Gasteiger partial charge in [0, 0.05) is 16.2 Å². The largest absolute Gasteiger partial charge is 0.418 e. The van der Waals surface area contributed by atoms with E-state index < -0.39 is 17.6 Å². The van der Waals surface area contributed by atoms with Crippen molar-refractivity contribution in [1.29, 1.82) is 0 Å². The summed E-state index contributed by atoms with van der Waals surface area (Å²) in [5.74, 6) is -0.591. The molecule has 1 amide bonds. The summed E-state index contributed by atoms with van der Waals surface area (Å²) in [6.45, 7) is 0. The molecule has 0 fully saturated rings. The molecule has 0 saturated heterocycles. The number of hydrogen-bond donors (Lipinski definition) is 2. The number of anilines is 2. The molecule has 0 aliphatic heterocycles. The highest BCUT2D eigenvalue weighted by Crippen LogP contribution is 2.36. The predicted molar refractivity (Wildman–Crippen MR) is 75.7 cm³/mol. The van der Waals surface area contributed by atoms with Gasteiger partial charge in [-0.25, -0.2) is 4.98 Å². The molecule has 110 valence electrons. The fourth-order valence-electron chi connectivity index (χ4n) is 1.64. The molecule has 0 radical (unpaired) electrons. The van der Waals surface area contributed by atoms with Crippen LogP contribution in [-0.2, 0) is 6.18 Å². The first-order valence-corrected chi connectivity index (χ1v) is 6.46. The van der Waals surface area contributed by atoms with Crippen LogP contribution in [0.4, 0.5) is 24.7 Å². The number of halogens is 4. The molecule has 1 aromatic heterocycles. The summed E-state index contributed by atoms with van der Waals surface area (Å²) in [7, 11) is 0. The molecule has 0 saturated carbocycles. The van der Waals surface area contributed by atoms with Crippen LogP contribution in [0.25, 0.3) is 0 Å². The van der Waals surface area contributed by atoms with Gasteiger partial charge in [0.25, 0.3) is 5.91 Å². The molecule has 0 bridgehead atoms. The zero-order chi connectivity index (χ0) is 15.6. The van der Waals surface area contributed by atoms with Gasteiger partial charge in [-0.1, -0.05) is 15.9 Å². The highest BCUT2D eigenvalue weighted by atomic mass is 79.9. The van der Waals surface area contributed by atoms with Crippen LogP contribution in [0.15, 0.2) is 41.0 Å². The maximum Gasteiger partial charge on any atom is 0.418 e. The molecule has 0 spiro atoms. The van der Waals surface area contributed by atoms with Gasteiger partial charge in [0.15, 0.2) is 0 Å². The number of aromatic nitrogens is 1. The molecule has 1 heterocycles. The number of rotatable bonds is 2. The summed E-state index contributed by atoms with van der Waals surface area (Å²) in [4.78, 5) is 15.7. The molecule has 8 heteroatoms. The Morgan fingerprint density at radius 2 is 1.95 bits per heavy atom. The Labute approximate surface area is 126 Å². The lowest BCUT2D eigenvalue weighted by Crippen LogP contribution is -2.17. The van der Waals surface area contributed by atoms with Crippen molar-refractivity contribution >= 4 is 33.3 Å². The van der Waals surface area contributed by atoms with E-state index in [2.05, 4.69) is 26.2 Å². The molecule has 0 aliphatic carbocycles. The number of alkyl halides is 3. The van der Waals surface area contributed by atoms with Crippen molar-refractivity contribution in [3.63, 3.8) is 0 Å². The maximum atomic E-state index is 12.9. The van der Waals surface area contributed by atoms with Gasteiger partial charge in [-0.05, 0) is 30.3 Å². The number of nitrogen functional groups attached to an aromatic ring is 1. The van der Waals surface area contributed by atoms with Gasteiger partial charge in [-0.15, -0.1) is 0 Å². The Hall–Kier alpha value is -2.09. The Kier molecular flexibility index (Phi) is 4.17. The molecule has 2 aromatic rings. The number of nitrogens with two attached hydrogens (primary N) is 1. The molecular formula is C13H9BrF3N3O. The summed E-state index contributed by atoms with van der Waals surface area (Å²) in [5.41, 5.74) is 4.29. The van der Waals surface area contributed by atoms with E-state index in [1.165, 1.54) is 30.5 Å². The Bertz CT molecular complexity index is 689. The predicted octanol–water partition coefficient (Wildman–Crippen LogP) is 3.70. The maximum absolute atomic E-state index is 12.9. The summed E-state index contributed by atoms with van der Waals surface area (Å²) in [6, 6.07) is 6.12. The first-order chi connectivity index (χ1) is 9.77. The van der Waals surface area contributed by atoms with Gasteiger partial charge in [0.05, 0.1) is 11.3 Å². The van der Waals surface area contributed by atoms with Gasteiger partial charge in [-0.3, -0.25) is 4.79 Å². The Morgan fingerprint density at radius 1 is 1.24 bits per heavy atom. The van der Waals surface area contributed by atoms with Gasteiger partial charge >= 0.3 is 6.18 Å². The second-order valence-corrected chi connectivity index (χ2v) is 5.03. The van der Waals surface area contributed by atoms with E-state index in [4.69, 9.17) is 5.73 Å². The average Bonchev–Trinajstić information content (AvgIpc) is 2.39. The normalized spacial score (nSPS) is 11.2. The molecule has 4 nitrogen and oxygen atoms in total. The smallest absolute Gasteiger partial charge is 0.384 e. The van der Waals surface area contributed by atoms with Crippen LogP contribution in [0, 0.1) is 0 Å². The van der Waals surface area contributed by atoms with Crippen LogP contribution in [0.5, 0.6) is 0 Å². The minimum absolute atomic E-state index is 0.106. The summed E-state index contributed by atoms with van der Waals surface area (Å²) in [6.07, 6.45) is -3.28. The SMILES string of the molecule is Nc1cc(C(=O)Nc2ccc(Br)cc2C(F)(F)F)ccn1. The lowest BCUT2D eigenvalue weighted by molar-refractivity contribution is -0.136. The Balaban J connectivity index is 2.34. The number of hydrogen-bond acceptors (Lipinski definition) is 3. The van der Waals surface area contributed by atoms with Crippen molar-refractivity contribution in [2.45, 2.75) is 6.18 Å². The van der Waals surface area contributed by atoms with Crippen molar-refractivity contribution in [1.82, 2.24) is 4.98 Å². The average molecular weight is 360 g/mol. The quantitative estimate of drug-likeness (QED) is 0.858. The summed E-state index contributed by atoms with van der Waals surface area (Å²) < 4.78 is 39.1.